The molecule has 0 rings (SSSR count). The number of methoxy groups -OCH3 is 1. The average Bonchev–Trinajstić information content (AvgIpc) is 1.81. The fraction of sp³-hybridized carbons (Fsp3) is 1.00. The average molecular weight is 269 g/mol. The van der Waals surface area contributed by atoms with Crippen molar-refractivity contribution < 1.29 is 49.9 Å². The fourth-order valence-corrected chi connectivity index (χ4v) is 0.389. The molecule has 0 unspecified atom stereocenters. The van der Waals surface area contributed by atoms with Gasteiger partial charge in [-0.2, -0.15) is 0 Å². The standard InChI is InChI=1S/C6H14O2.Sm/c1-3-4-8-6-5-7-2;/h3-6H2,1-2H3;. The van der Waals surface area contributed by atoms with Gasteiger partial charge in [-0.3, -0.25) is 0 Å². The van der Waals surface area contributed by atoms with Crippen LogP contribution in [0.2, 0.25) is 0 Å². The Morgan fingerprint density at radius 1 is 1.11 bits per heavy atom. The summed E-state index contributed by atoms with van der Waals surface area (Å²) < 4.78 is 9.86. The topological polar surface area (TPSA) is 18.5 Å². The van der Waals surface area contributed by atoms with E-state index >= 15 is 0 Å². The van der Waals surface area contributed by atoms with E-state index in [2.05, 4.69) is 6.92 Å². The summed E-state index contributed by atoms with van der Waals surface area (Å²) in [4.78, 5) is 0. The van der Waals surface area contributed by atoms with Crippen molar-refractivity contribution in [3.8, 4) is 0 Å². The first-order valence-electron chi connectivity index (χ1n) is 2.98. The molecule has 0 aromatic rings. The van der Waals surface area contributed by atoms with Crippen LogP contribution in [0.25, 0.3) is 0 Å². The van der Waals surface area contributed by atoms with Crippen LogP contribution in [-0.4, -0.2) is 26.9 Å². The summed E-state index contributed by atoms with van der Waals surface area (Å²) in [5.74, 6) is 0. The molecule has 0 aromatic heterocycles. The SMILES string of the molecule is CCCOCCOC.[Sm]. The first-order valence-corrected chi connectivity index (χ1v) is 2.98. The van der Waals surface area contributed by atoms with Gasteiger partial charge in [-0.05, 0) is 6.42 Å². The van der Waals surface area contributed by atoms with Crippen molar-refractivity contribution in [1.29, 1.82) is 0 Å². The Morgan fingerprint density at radius 3 is 2.22 bits per heavy atom. The summed E-state index contributed by atoms with van der Waals surface area (Å²) in [5.41, 5.74) is 0. The smallest absolute Gasteiger partial charge is 0.0700 e. The van der Waals surface area contributed by atoms with Crippen molar-refractivity contribution >= 4 is 0 Å². The normalized spacial score (nSPS) is 8.67. The molecule has 3 heteroatoms. The van der Waals surface area contributed by atoms with Crippen LogP contribution in [0.3, 0.4) is 0 Å². The Hall–Kier alpha value is 1.26. The van der Waals surface area contributed by atoms with E-state index in [9.17, 15) is 0 Å². The van der Waals surface area contributed by atoms with Gasteiger partial charge < -0.3 is 9.47 Å². The van der Waals surface area contributed by atoms with Gasteiger partial charge >= 0.3 is 0 Å². The Bertz CT molecular complexity index is 36.0. The minimum atomic E-state index is 0. The summed E-state index contributed by atoms with van der Waals surface area (Å²) in [6.07, 6.45) is 1.09. The van der Waals surface area contributed by atoms with Crippen LogP contribution in [0.1, 0.15) is 13.3 Å². The Kier molecular flexibility index (Phi) is 17.2. The minimum Gasteiger partial charge on any atom is -0.382 e. The predicted octanol–water partition coefficient (Wildman–Crippen LogP) is 1.06. The molecule has 0 aliphatic carbocycles. The zero-order valence-corrected chi connectivity index (χ0v) is 8.67. The van der Waals surface area contributed by atoms with E-state index in [-0.39, 0.29) is 40.4 Å². The molecule has 0 saturated heterocycles. The molecule has 0 aromatic carbocycles. The van der Waals surface area contributed by atoms with Gasteiger partial charge in [0.15, 0.2) is 0 Å². The molecule has 0 heterocycles. The number of ether oxygens (including phenoxy) is 2. The van der Waals surface area contributed by atoms with Crippen molar-refractivity contribution in [2.45, 2.75) is 13.3 Å². The molecule has 56 valence electrons. The van der Waals surface area contributed by atoms with Crippen LogP contribution < -0.4 is 0 Å². The molecule has 9 heavy (non-hydrogen) atoms. The number of rotatable bonds is 5. The molecule has 0 atom stereocenters. The first kappa shape index (κ1) is 12.9. The van der Waals surface area contributed by atoms with Crippen LogP contribution in [0.15, 0.2) is 0 Å². The van der Waals surface area contributed by atoms with Crippen LogP contribution >= 0.6 is 0 Å². The maximum Gasteiger partial charge on any atom is 0.0700 e. The van der Waals surface area contributed by atoms with Crippen molar-refractivity contribution in [1.82, 2.24) is 0 Å². The predicted molar refractivity (Wildman–Crippen MR) is 33.0 cm³/mol. The van der Waals surface area contributed by atoms with Gasteiger partial charge in [0.2, 0.25) is 0 Å². The van der Waals surface area contributed by atoms with Gasteiger partial charge in [0.25, 0.3) is 0 Å². The number of hydrogen-bond donors (Lipinski definition) is 0. The Morgan fingerprint density at radius 2 is 1.78 bits per heavy atom. The van der Waals surface area contributed by atoms with Crippen LogP contribution in [0, 0.1) is 40.4 Å². The molecule has 2 nitrogen and oxygen atoms in total. The molecule has 0 aliphatic heterocycles. The van der Waals surface area contributed by atoms with Crippen LogP contribution in [-0.2, 0) is 9.47 Å². The van der Waals surface area contributed by atoms with E-state index in [4.69, 9.17) is 9.47 Å². The van der Waals surface area contributed by atoms with Gasteiger partial charge in [-0.15, -0.1) is 0 Å². The third-order valence-electron chi connectivity index (χ3n) is 0.780. The molecule has 0 fully saturated rings. The van der Waals surface area contributed by atoms with Gasteiger partial charge in [-0.1, -0.05) is 6.92 Å². The summed E-state index contributed by atoms with van der Waals surface area (Å²) in [5, 5.41) is 0. The van der Waals surface area contributed by atoms with E-state index in [1.54, 1.807) is 7.11 Å². The summed E-state index contributed by atoms with van der Waals surface area (Å²) in [6.45, 7) is 4.38. The Labute approximate surface area is 89.4 Å². The maximum atomic E-state index is 5.10. The van der Waals surface area contributed by atoms with E-state index < -0.39 is 0 Å². The first-order chi connectivity index (χ1) is 3.91. The van der Waals surface area contributed by atoms with Gasteiger partial charge in [0.05, 0.1) is 13.2 Å². The Balaban J connectivity index is 0. The van der Waals surface area contributed by atoms with E-state index in [1.165, 1.54) is 0 Å². The zero-order chi connectivity index (χ0) is 6.24. The van der Waals surface area contributed by atoms with Gasteiger partial charge in [-0.25, -0.2) is 0 Å². The van der Waals surface area contributed by atoms with Crippen molar-refractivity contribution in [2.75, 3.05) is 26.9 Å². The second-order valence-corrected chi connectivity index (χ2v) is 1.61. The van der Waals surface area contributed by atoms with Gasteiger partial charge in [0, 0.05) is 54.1 Å². The van der Waals surface area contributed by atoms with Crippen LogP contribution in [0.4, 0.5) is 0 Å². The second-order valence-electron chi connectivity index (χ2n) is 1.61. The minimum absolute atomic E-state index is 0. The summed E-state index contributed by atoms with van der Waals surface area (Å²) in [6, 6.07) is 0. The monoisotopic (exact) mass is 270 g/mol. The molecule has 0 bridgehead atoms. The molecule has 0 spiro atoms. The third-order valence-corrected chi connectivity index (χ3v) is 0.780. The largest absolute Gasteiger partial charge is 0.382 e. The van der Waals surface area contributed by atoms with E-state index in [0.717, 1.165) is 19.6 Å². The summed E-state index contributed by atoms with van der Waals surface area (Å²) >= 11 is 0. The van der Waals surface area contributed by atoms with E-state index in [1.807, 2.05) is 0 Å². The molecule has 0 amide bonds. The van der Waals surface area contributed by atoms with Crippen LogP contribution in [0.5, 0.6) is 0 Å². The molecular weight excluding hydrogens is 254 g/mol. The van der Waals surface area contributed by atoms with Crippen molar-refractivity contribution in [3.63, 3.8) is 0 Å². The third kappa shape index (κ3) is 12.5. The van der Waals surface area contributed by atoms with Gasteiger partial charge in [0.1, 0.15) is 0 Å². The number of hydrogen-bond acceptors (Lipinski definition) is 2. The van der Waals surface area contributed by atoms with Crippen molar-refractivity contribution in [2.24, 2.45) is 0 Å². The molecular formula is C6H14O2Sm. The van der Waals surface area contributed by atoms with Crippen molar-refractivity contribution in [3.05, 3.63) is 0 Å². The van der Waals surface area contributed by atoms with E-state index in [0.29, 0.717) is 6.61 Å². The molecule has 0 N–H and O–H groups in total. The molecule has 0 aliphatic rings. The molecule has 0 radical (unpaired) electrons. The summed E-state index contributed by atoms with van der Waals surface area (Å²) in [7, 11) is 1.68. The quantitative estimate of drug-likeness (QED) is 0.694. The fourth-order valence-electron chi connectivity index (χ4n) is 0.389. The zero-order valence-electron chi connectivity index (χ0n) is 6.05. The second kappa shape index (κ2) is 12.0. The molecule has 0 saturated carbocycles. The maximum absolute atomic E-state index is 5.10.